The zero-order valence-corrected chi connectivity index (χ0v) is 14.9. The maximum absolute atomic E-state index is 13.6. The van der Waals surface area contributed by atoms with Crippen LogP contribution in [0.25, 0.3) is 10.9 Å². The molecule has 0 saturated heterocycles. The molecular formula is C20H23FN4. The molecule has 3 aromatic rings. The van der Waals surface area contributed by atoms with Gasteiger partial charge in [-0.1, -0.05) is 20.8 Å². The van der Waals surface area contributed by atoms with Crippen molar-refractivity contribution in [3.05, 3.63) is 59.1 Å². The topological polar surface area (TPSA) is 44.8 Å². The number of nitrogens with one attached hydrogen (secondary N) is 1. The lowest BCUT2D eigenvalue weighted by atomic mass is 9.95. The fourth-order valence-corrected chi connectivity index (χ4v) is 3.39. The Bertz CT molecular complexity index is 923. The second kappa shape index (κ2) is 5.92. The first-order valence-corrected chi connectivity index (χ1v) is 8.73. The fourth-order valence-electron chi connectivity index (χ4n) is 3.39. The Morgan fingerprint density at radius 3 is 2.92 bits per heavy atom. The van der Waals surface area contributed by atoms with Crippen LogP contribution in [0.1, 0.15) is 43.4 Å². The zero-order chi connectivity index (χ0) is 17.6. The molecule has 130 valence electrons. The number of nitrogens with zero attached hydrogens (tertiary/aromatic N) is 3. The smallest absolute Gasteiger partial charge is 0.133 e. The summed E-state index contributed by atoms with van der Waals surface area (Å²) in [6.07, 6.45) is 4.89. The first kappa shape index (κ1) is 16.2. The molecule has 1 aliphatic rings. The van der Waals surface area contributed by atoms with Crippen molar-refractivity contribution in [2.75, 3.05) is 6.54 Å². The Labute approximate surface area is 147 Å². The molecule has 25 heavy (non-hydrogen) atoms. The quantitative estimate of drug-likeness (QED) is 0.769. The molecule has 0 radical (unpaired) electrons. The average molecular weight is 338 g/mol. The van der Waals surface area contributed by atoms with Crippen LogP contribution in [0, 0.1) is 5.82 Å². The predicted octanol–water partition coefficient (Wildman–Crippen LogP) is 3.95. The summed E-state index contributed by atoms with van der Waals surface area (Å²) in [5, 5.41) is 0.963. The highest BCUT2D eigenvalue weighted by molar-refractivity contribution is 5.83. The lowest BCUT2D eigenvalue weighted by Crippen LogP contribution is -2.31. The van der Waals surface area contributed by atoms with Gasteiger partial charge in [-0.2, -0.15) is 0 Å². The summed E-state index contributed by atoms with van der Waals surface area (Å²) in [7, 11) is 0. The number of benzene rings is 1. The molecule has 3 heterocycles. The molecule has 0 fully saturated rings. The minimum absolute atomic E-state index is 0.0275. The summed E-state index contributed by atoms with van der Waals surface area (Å²) in [4.78, 5) is 14.9. The Morgan fingerprint density at radius 1 is 1.28 bits per heavy atom. The molecule has 1 aliphatic heterocycles. The number of hydrogen-bond donors (Lipinski definition) is 1. The van der Waals surface area contributed by atoms with Gasteiger partial charge in [0.15, 0.2) is 0 Å². The van der Waals surface area contributed by atoms with Gasteiger partial charge in [-0.05, 0) is 23.8 Å². The summed E-state index contributed by atoms with van der Waals surface area (Å²) < 4.78 is 13.6. The van der Waals surface area contributed by atoms with E-state index in [0.717, 1.165) is 48.3 Å². The van der Waals surface area contributed by atoms with Crippen LogP contribution in [0.3, 0.4) is 0 Å². The molecule has 0 aliphatic carbocycles. The molecule has 0 unspecified atom stereocenters. The first-order valence-electron chi connectivity index (χ1n) is 8.73. The number of fused-ring (bicyclic) bond motifs is 2. The summed E-state index contributed by atoms with van der Waals surface area (Å²) in [5.74, 6) is 0.715. The molecule has 1 N–H and O–H groups in total. The van der Waals surface area contributed by atoms with Gasteiger partial charge in [0.1, 0.15) is 11.6 Å². The van der Waals surface area contributed by atoms with E-state index in [1.807, 2.05) is 12.4 Å². The van der Waals surface area contributed by atoms with Crippen molar-refractivity contribution < 1.29 is 4.39 Å². The van der Waals surface area contributed by atoms with Crippen LogP contribution in [0.4, 0.5) is 4.39 Å². The van der Waals surface area contributed by atoms with E-state index in [0.29, 0.717) is 0 Å². The van der Waals surface area contributed by atoms with E-state index in [-0.39, 0.29) is 11.2 Å². The highest BCUT2D eigenvalue weighted by Gasteiger charge is 2.23. The maximum Gasteiger partial charge on any atom is 0.133 e. The largest absolute Gasteiger partial charge is 0.361 e. The maximum atomic E-state index is 13.6. The molecule has 0 amide bonds. The summed E-state index contributed by atoms with van der Waals surface area (Å²) in [6.45, 7) is 9.00. The van der Waals surface area contributed by atoms with E-state index < -0.39 is 0 Å². The SMILES string of the molecule is CC(C)(C)c1ncc2c(n1)CCN(Cc1c[nH]c3ccc(F)cc13)C2. The first-order chi connectivity index (χ1) is 11.9. The molecule has 0 spiro atoms. The average Bonchev–Trinajstić information content (AvgIpc) is 2.95. The van der Waals surface area contributed by atoms with Gasteiger partial charge in [0.05, 0.1) is 0 Å². The van der Waals surface area contributed by atoms with Gasteiger partial charge < -0.3 is 4.98 Å². The number of rotatable bonds is 2. The summed E-state index contributed by atoms with van der Waals surface area (Å²) >= 11 is 0. The normalized spacial score (nSPS) is 15.5. The number of aromatic amines is 1. The van der Waals surface area contributed by atoms with Crippen molar-refractivity contribution in [3.8, 4) is 0 Å². The second-order valence-electron chi connectivity index (χ2n) is 7.88. The number of H-pyrrole nitrogens is 1. The molecule has 4 nitrogen and oxygen atoms in total. The third-order valence-corrected chi connectivity index (χ3v) is 4.81. The van der Waals surface area contributed by atoms with Gasteiger partial charge in [-0.25, -0.2) is 14.4 Å². The number of aromatic nitrogens is 3. The van der Waals surface area contributed by atoms with Crippen molar-refractivity contribution in [3.63, 3.8) is 0 Å². The lowest BCUT2D eigenvalue weighted by molar-refractivity contribution is 0.243. The minimum Gasteiger partial charge on any atom is -0.361 e. The predicted molar refractivity (Wildman–Crippen MR) is 96.8 cm³/mol. The van der Waals surface area contributed by atoms with Gasteiger partial charge >= 0.3 is 0 Å². The van der Waals surface area contributed by atoms with Crippen LogP contribution in [0.2, 0.25) is 0 Å². The van der Waals surface area contributed by atoms with Crippen LogP contribution in [-0.4, -0.2) is 26.4 Å². The van der Waals surface area contributed by atoms with Crippen LogP contribution in [-0.2, 0) is 24.9 Å². The van der Waals surface area contributed by atoms with Crippen molar-refractivity contribution in [2.24, 2.45) is 0 Å². The molecule has 2 aromatic heterocycles. The van der Waals surface area contributed by atoms with E-state index in [1.165, 1.54) is 17.3 Å². The van der Waals surface area contributed by atoms with E-state index in [4.69, 9.17) is 4.98 Å². The highest BCUT2D eigenvalue weighted by Crippen LogP contribution is 2.25. The van der Waals surface area contributed by atoms with E-state index in [1.54, 1.807) is 12.1 Å². The monoisotopic (exact) mass is 338 g/mol. The highest BCUT2D eigenvalue weighted by atomic mass is 19.1. The molecule has 0 saturated carbocycles. The molecule has 0 atom stereocenters. The molecular weight excluding hydrogens is 315 g/mol. The Balaban J connectivity index is 1.55. The van der Waals surface area contributed by atoms with Crippen molar-refractivity contribution in [2.45, 2.75) is 45.7 Å². The standard InChI is InChI=1S/C20H23FN4/c1-20(2,3)19-23-10-14-12-25(7-6-17(14)24-19)11-13-9-22-18-5-4-15(21)8-16(13)18/h4-5,8-10,22H,6-7,11-12H2,1-3H3. The second-order valence-corrected chi connectivity index (χ2v) is 7.88. The third-order valence-electron chi connectivity index (χ3n) is 4.81. The van der Waals surface area contributed by atoms with Gasteiger partial charge in [-0.3, -0.25) is 4.90 Å². The lowest BCUT2D eigenvalue weighted by Gasteiger charge is -2.29. The minimum atomic E-state index is -0.194. The summed E-state index contributed by atoms with van der Waals surface area (Å²) in [6, 6.07) is 4.89. The van der Waals surface area contributed by atoms with Gasteiger partial charge in [0.25, 0.3) is 0 Å². The van der Waals surface area contributed by atoms with Gasteiger partial charge in [-0.15, -0.1) is 0 Å². The molecule has 4 rings (SSSR count). The molecule has 0 bridgehead atoms. The molecule has 1 aromatic carbocycles. The summed E-state index contributed by atoms with van der Waals surface area (Å²) in [5.41, 5.74) is 4.45. The van der Waals surface area contributed by atoms with Crippen molar-refractivity contribution in [1.29, 1.82) is 0 Å². The fraction of sp³-hybridized carbons (Fsp3) is 0.400. The Morgan fingerprint density at radius 2 is 2.12 bits per heavy atom. The van der Waals surface area contributed by atoms with Crippen molar-refractivity contribution >= 4 is 10.9 Å². The third kappa shape index (κ3) is 3.16. The van der Waals surface area contributed by atoms with E-state index in [2.05, 4.69) is 35.6 Å². The Kier molecular flexibility index (Phi) is 3.84. The van der Waals surface area contributed by atoms with E-state index >= 15 is 0 Å². The zero-order valence-electron chi connectivity index (χ0n) is 14.9. The number of hydrogen-bond acceptors (Lipinski definition) is 3. The van der Waals surface area contributed by atoms with Crippen LogP contribution < -0.4 is 0 Å². The Hall–Kier alpha value is -2.27. The molecule has 5 heteroatoms. The van der Waals surface area contributed by atoms with Crippen LogP contribution in [0.5, 0.6) is 0 Å². The van der Waals surface area contributed by atoms with Crippen molar-refractivity contribution in [1.82, 2.24) is 19.9 Å². The van der Waals surface area contributed by atoms with Gasteiger partial charge in [0.2, 0.25) is 0 Å². The van der Waals surface area contributed by atoms with Crippen LogP contribution in [0.15, 0.2) is 30.6 Å². The van der Waals surface area contributed by atoms with Crippen LogP contribution >= 0.6 is 0 Å². The number of halogens is 1. The van der Waals surface area contributed by atoms with E-state index in [9.17, 15) is 4.39 Å². The van der Waals surface area contributed by atoms with Gasteiger partial charge in [0, 0.05) is 66.0 Å².